The van der Waals surface area contributed by atoms with Gasteiger partial charge in [-0.2, -0.15) is 5.21 Å². The number of aryl methyl sites for hydroxylation is 1. The highest BCUT2D eigenvalue weighted by Crippen LogP contribution is 2.22. The number of carbonyl (C=O) groups is 1. The average molecular weight is 394 g/mol. The summed E-state index contributed by atoms with van der Waals surface area (Å²) in [7, 11) is 0. The quantitative estimate of drug-likeness (QED) is 0.695. The molecule has 0 radical (unpaired) electrons. The SMILES string of the molecule is CCc1ccc(Nc2n[nH]nc2C(=O)N2CCN(c3ccccc3F)CC2)cc1. The van der Waals surface area contributed by atoms with Crippen molar-refractivity contribution in [2.75, 3.05) is 36.4 Å². The van der Waals surface area contributed by atoms with Crippen molar-refractivity contribution in [2.45, 2.75) is 13.3 Å². The number of nitrogens with one attached hydrogen (secondary N) is 2. The van der Waals surface area contributed by atoms with Crippen LogP contribution in [0.4, 0.5) is 21.6 Å². The molecule has 8 heteroatoms. The van der Waals surface area contributed by atoms with Crippen LogP contribution in [0.3, 0.4) is 0 Å². The summed E-state index contributed by atoms with van der Waals surface area (Å²) >= 11 is 0. The molecule has 0 bridgehead atoms. The number of rotatable bonds is 5. The van der Waals surface area contributed by atoms with Crippen LogP contribution >= 0.6 is 0 Å². The number of amides is 1. The Hall–Kier alpha value is -3.42. The molecule has 150 valence electrons. The van der Waals surface area contributed by atoms with Gasteiger partial charge in [0.1, 0.15) is 5.82 Å². The number of aromatic nitrogens is 3. The molecule has 1 aliphatic rings. The number of anilines is 3. The van der Waals surface area contributed by atoms with Gasteiger partial charge in [-0.15, -0.1) is 10.2 Å². The minimum Gasteiger partial charge on any atom is -0.366 e. The van der Waals surface area contributed by atoms with Crippen LogP contribution < -0.4 is 10.2 Å². The largest absolute Gasteiger partial charge is 0.366 e. The van der Waals surface area contributed by atoms with Crippen LogP contribution in [0.1, 0.15) is 23.0 Å². The summed E-state index contributed by atoms with van der Waals surface area (Å²) in [6, 6.07) is 14.7. The molecule has 2 heterocycles. The highest BCUT2D eigenvalue weighted by atomic mass is 19.1. The first kappa shape index (κ1) is 18.9. The van der Waals surface area contributed by atoms with Crippen LogP contribution in [0.2, 0.25) is 0 Å². The van der Waals surface area contributed by atoms with Crippen molar-refractivity contribution in [2.24, 2.45) is 0 Å². The Morgan fingerprint density at radius 1 is 1.07 bits per heavy atom. The first-order valence-electron chi connectivity index (χ1n) is 9.71. The highest BCUT2D eigenvalue weighted by molar-refractivity contribution is 5.97. The van der Waals surface area contributed by atoms with Crippen molar-refractivity contribution in [1.82, 2.24) is 20.3 Å². The fourth-order valence-corrected chi connectivity index (χ4v) is 3.44. The lowest BCUT2D eigenvalue weighted by Crippen LogP contribution is -2.49. The Morgan fingerprint density at radius 3 is 2.48 bits per heavy atom. The van der Waals surface area contributed by atoms with E-state index in [0.29, 0.717) is 37.7 Å². The molecule has 1 fully saturated rings. The minimum atomic E-state index is -0.246. The fourth-order valence-electron chi connectivity index (χ4n) is 3.44. The smallest absolute Gasteiger partial charge is 0.278 e. The number of benzene rings is 2. The molecule has 1 saturated heterocycles. The second-order valence-electron chi connectivity index (χ2n) is 6.93. The van der Waals surface area contributed by atoms with E-state index in [1.54, 1.807) is 17.0 Å². The van der Waals surface area contributed by atoms with Crippen LogP contribution in [0.5, 0.6) is 0 Å². The van der Waals surface area contributed by atoms with E-state index in [-0.39, 0.29) is 17.4 Å². The van der Waals surface area contributed by atoms with Gasteiger partial charge in [-0.1, -0.05) is 31.2 Å². The Bertz CT molecular complexity index is 979. The molecule has 0 saturated carbocycles. The van der Waals surface area contributed by atoms with Crippen molar-refractivity contribution in [3.63, 3.8) is 0 Å². The van der Waals surface area contributed by atoms with Crippen LogP contribution in [0, 0.1) is 5.82 Å². The van der Waals surface area contributed by atoms with Crippen molar-refractivity contribution in [3.8, 4) is 0 Å². The zero-order valence-corrected chi connectivity index (χ0v) is 16.2. The summed E-state index contributed by atoms with van der Waals surface area (Å²) in [5, 5.41) is 13.8. The van der Waals surface area contributed by atoms with E-state index in [9.17, 15) is 9.18 Å². The molecule has 0 atom stereocenters. The zero-order chi connectivity index (χ0) is 20.2. The van der Waals surface area contributed by atoms with Crippen LogP contribution in [-0.4, -0.2) is 52.4 Å². The summed E-state index contributed by atoms with van der Waals surface area (Å²) in [6.45, 7) is 4.20. The molecule has 1 aromatic heterocycles. The predicted molar refractivity (Wildman–Crippen MR) is 110 cm³/mol. The number of halogens is 1. The van der Waals surface area contributed by atoms with Gasteiger partial charge < -0.3 is 15.1 Å². The zero-order valence-electron chi connectivity index (χ0n) is 16.2. The van der Waals surface area contributed by atoms with Crippen molar-refractivity contribution >= 4 is 23.1 Å². The number of carbonyl (C=O) groups excluding carboxylic acids is 1. The van der Waals surface area contributed by atoms with Gasteiger partial charge in [-0.05, 0) is 36.2 Å². The van der Waals surface area contributed by atoms with E-state index in [2.05, 4.69) is 27.7 Å². The number of hydrogen-bond donors (Lipinski definition) is 2. The molecule has 2 N–H and O–H groups in total. The minimum absolute atomic E-state index is 0.195. The lowest BCUT2D eigenvalue weighted by atomic mass is 10.1. The summed E-state index contributed by atoms with van der Waals surface area (Å²) < 4.78 is 14.0. The molecule has 0 unspecified atom stereocenters. The van der Waals surface area contributed by atoms with Crippen molar-refractivity contribution in [3.05, 3.63) is 65.6 Å². The first-order valence-corrected chi connectivity index (χ1v) is 9.71. The Labute approximate surface area is 168 Å². The number of para-hydroxylation sites is 1. The normalized spacial score (nSPS) is 14.1. The van der Waals surface area contributed by atoms with Gasteiger partial charge in [0.25, 0.3) is 5.91 Å². The summed E-state index contributed by atoms with van der Waals surface area (Å²) in [4.78, 5) is 16.6. The third-order valence-electron chi connectivity index (χ3n) is 5.14. The molecule has 0 aliphatic carbocycles. The molecular weight excluding hydrogens is 371 g/mol. The third kappa shape index (κ3) is 4.06. The van der Waals surface area contributed by atoms with Gasteiger partial charge in [-0.25, -0.2) is 4.39 Å². The maximum absolute atomic E-state index is 14.0. The lowest BCUT2D eigenvalue weighted by Gasteiger charge is -2.35. The second kappa shape index (κ2) is 8.30. The molecule has 4 rings (SSSR count). The number of hydrogen-bond acceptors (Lipinski definition) is 5. The molecular formula is C21H23FN6O. The Kier molecular flexibility index (Phi) is 5.41. The van der Waals surface area contributed by atoms with E-state index in [1.807, 2.05) is 35.2 Å². The maximum atomic E-state index is 14.0. The summed E-state index contributed by atoms with van der Waals surface area (Å²) in [5.74, 6) is -0.0419. The maximum Gasteiger partial charge on any atom is 0.278 e. The number of aromatic amines is 1. The van der Waals surface area contributed by atoms with E-state index in [4.69, 9.17) is 0 Å². The van der Waals surface area contributed by atoms with Gasteiger partial charge >= 0.3 is 0 Å². The van der Waals surface area contributed by atoms with E-state index >= 15 is 0 Å². The van der Waals surface area contributed by atoms with E-state index < -0.39 is 0 Å². The van der Waals surface area contributed by atoms with Gasteiger partial charge in [0.2, 0.25) is 0 Å². The number of piperazine rings is 1. The van der Waals surface area contributed by atoms with E-state index in [0.717, 1.165) is 12.1 Å². The van der Waals surface area contributed by atoms with Crippen molar-refractivity contribution < 1.29 is 9.18 Å². The summed E-state index contributed by atoms with van der Waals surface area (Å²) in [6.07, 6.45) is 0.965. The fraction of sp³-hybridized carbons (Fsp3) is 0.286. The molecule has 1 amide bonds. The van der Waals surface area contributed by atoms with Gasteiger partial charge in [0.15, 0.2) is 11.5 Å². The molecule has 1 aliphatic heterocycles. The highest BCUT2D eigenvalue weighted by Gasteiger charge is 2.27. The molecule has 0 spiro atoms. The first-order chi connectivity index (χ1) is 14.2. The van der Waals surface area contributed by atoms with Gasteiger partial charge in [-0.3, -0.25) is 4.79 Å². The molecule has 29 heavy (non-hydrogen) atoms. The van der Waals surface area contributed by atoms with E-state index in [1.165, 1.54) is 11.6 Å². The second-order valence-corrected chi connectivity index (χ2v) is 6.93. The third-order valence-corrected chi connectivity index (χ3v) is 5.14. The van der Waals surface area contributed by atoms with Crippen molar-refractivity contribution in [1.29, 1.82) is 0 Å². The van der Waals surface area contributed by atoms with Gasteiger partial charge in [0.05, 0.1) is 5.69 Å². The average Bonchev–Trinajstić information content (AvgIpc) is 3.22. The number of nitrogens with zero attached hydrogens (tertiary/aromatic N) is 4. The standard InChI is InChI=1S/C21H23FN6O/c1-2-15-7-9-16(10-8-15)23-20-19(24-26-25-20)21(29)28-13-11-27(12-14-28)18-6-4-3-5-17(18)22/h3-10H,2,11-14H2,1H3,(H2,23,24,25,26). The van der Waals surface area contributed by atoms with Crippen LogP contribution in [-0.2, 0) is 6.42 Å². The van der Waals surface area contributed by atoms with Crippen LogP contribution in [0.25, 0.3) is 0 Å². The topological polar surface area (TPSA) is 77.1 Å². The van der Waals surface area contributed by atoms with Crippen LogP contribution in [0.15, 0.2) is 48.5 Å². The Morgan fingerprint density at radius 2 is 1.79 bits per heavy atom. The number of H-pyrrole nitrogens is 1. The van der Waals surface area contributed by atoms with Gasteiger partial charge in [0, 0.05) is 31.9 Å². The summed E-state index contributed by atoms with van der Waals surface area (Å²) in [5.41, 5.74) is 2.90. The lowest BCUT2D eigenvalue weighted by molar-refractivity contribution is 0.0741. The predicted octanol–water partition coefficient (Wildman–Crippen LogP) is 3.21. The monoisotopic (exact) mass is 394 g/mol. The molecule has 7 nitrogen and oxygen atoms in total. The molecule has 2 aromatic carbocycles. The molecule has 3 aromatic rings. The Balaban J connectivity index is 1.42.